The molecule has 4 nitrogen and oxygen atoms in total. The predicted octanol–water partition coefficient (Wildman–Crippen LogP) is 2.68. The van der Waals surface area contributed by atoms with Gasteiger partial charge in [-0.25, -0.2) is 4.98 Å². The zero-order chi connectivity index (χ0) is 14.3. The van der Waals surface area contributed by atoms with Crippen LogP contribution in [0.15, 0.2) is 12.1 Å². The van der Waals surface area contributed by atoms with Crippen LogP contribution in [-0.2, 0) is 6.42 Å². The molecule has 0 unspecified atom stereocenters. The Hall–Kier alpha value is -2.10. The van der Waals surface area contributed by atoms with E-state index in [-0.39, 0.29) is 5.91 Å². The SMILES string of the molecule is Cc1cc(C)c(-c2nc3c([nH]2)CCCNC3=O)c(C)c1. The van der Waals surface area contributed by atoms with Crippen LogP contribution >= 0.6 is 0 Å². The quantitative estimate of drug-likeness (QED) is 0.836. The molecule has 1 aromatic carbocycles. The number of nitrogens with one attached hydrogen (secondary N) is 2. The summed E-state index contributed by atoms with van der Waals surface area (Å²) in [5.41, 5.74) is 6.23. The van der Waals surface area contributed by atoms with E-state index in [9.17, 15) is 4.79 Å². The molecule has 1 aliphatic rings. The summed E-state index contributed by atoms with van der Waals surface area (Å²) in [6, 6.07) is 4.30. The first-order valence-electron chi connectivity index (χ1n) is 7.01. The number of rotatable bonds is 1. The smallest absolute Gasteiger partial charge is 0.271 e. The maximum absolute atomic E-state index is 12.0. The van der Waals surface area contributed by atoms with Gasteiger partial charge in [-0.2, -0.15) is 0 Å². The predicted molar refractivity (Wildman–Crippen MR) is 78.9 cm³/mol. The molecule has 0 saturated carbocycles. The zero-order valence-electron chi connectivity index (χ0n) is 12.1. The number of hydrogen-bond acceptors (Lipinski definition) is 2. The molecule has 20 heavy (non-hydrogen) atoms. The van der Waals surface area contributed by atoms with Gasteiger partial charge in [0.25, 0.3) is 5.91 Å². The summed E-state index contributed by atoms with van der Waals surface area (Å²) in [7, 11) is 0. The number of aromatic amines is 1. The van der Waals surface area contributed by atoms with E-state index in [4.69, 9.17) is 0 Å². The third kappa shape index (κ3) is 2.11. The van der Waals surface area contributed by atoms with Crippen LogP contribution < -0.4 is 5.32 Å². The minimum Gasteiger partial charge on any atom is -0.351 e. The number of aryl methyl sites for hydroxylation is 4. The van der Waals surface area contributed by atoms with Gasteiger partial charge in [0.1, 0.15) is 11.5 Å². The summed E-state index contributed by atoms with van der Waals surface area (Å²) in [6.07, 6.45) is 1.82. The number of carbonyl (C=O) groups excluding carboxylic acids is 1. The van der Waals surface area contributed by atoms with Crippen molar-refractivity contribution in [1.29, 1.82) is 0 Å². The Morgan fingerprint density at radius 1 is 1.15 bits per heavy atom. The summed E-state index contributed by atoms with van der Waals surface area (Å²) < 4.78 is 0. The lowest BCUT2D eigenvalue weighted by Crippen LogP contribution is -2.23. The molecule has 1 aliphatic heterocycles. The Kier molecular flexibility index (Phi) is 3.08. The van der Waals surface area contributed by atoms with Crippen molar-refractivity contribution in [2.45, 2.75) is 33.6 Å². The van der Waals surface area contributed by atoms with E-state index in [1.807, 2.05) is 0 Å². The Morgan fingerprint density at radius 3 is 2.55 bits per heavy atom. The van der Waals surface area contributed by atoms with Crippen molar-refractivity contribution in [3.63, 3.8) is 0 Å². The van der Waals surface area contributed by atoms with E-state index in [0.717, 1.165) is 36.5 Å². The van der Waals surface area contributed by atoms with E-state index in [1.165, 1.54) is 16.7 Å². The number of nitrogens with zero attached hydrogens (tertiary/aromatic N) is 1. The molecule has 1 amide bonds. The highest BCUT2D eigenvalue weighted by atomic mass is 16.1. The third-order valence-electron chi connectivity index (χ3n) is 3.80. The Morgan fingerprint density at radius 2 is 1.85 bits per heavy atom. The van der Waals surface area contributed by atoms with Crippen molar-refractivity contribution in [3.8, 4) is 11.4 Å². The molecule has 0 saturated heterocycles. The lowest BCUT2D eigenvalue weighted by atomic mass is 9.99. The number of carbonyl (C=O) groups is 1. The average molecular weight is 269 g/mol. The molecule has 0 atom stereocenters. The van der Waals surface area contributed by atoms with Gasteiger partial charge in [-0.05, 0) is 44.7 Å². The molecule has 2 heterocycles. The number of fused-ring (bicyclic) bond motifs is 1. The van der Waals surface area contributed by atoms with Crippen LogP contribution in [0.25, 0.3) is 11.4 Å². The highest BCUT2D eigenvalue weighted by Gasteiger charge is 2.21. The van der Waals surface area contributed by atoms with Crippen LogP contribution in [0.1, 0.15) is 39.3 Å². The number of benzene rings is 1. The fourth-order valence-corrected chi connectivity index (χ4v) is 3.00. The molecule has 1 aromatic heterocycles. The first-order valence-corrected chi connectivity index (χ1v) is 7.01. The molecule has 0 aliphatic carbocycles. The van der Waals surface area contributed by atoms with Crippen molar-refractivity contribution in [3.05, 3.63) is 40.2 Å². The van der Waals surface area contributed by atoms with Gasteiger partial charge in [0.05, 0.1) is 0 Å². The van der Waals surface area contributed by atoms with E-state index < -0.39 is 0 Å². The lowest BCUT2D eigenvalue weighted by molar-refractivity contribution is 0.0951. The van der Waals surface area contributed by atoms with Gasteiger partial charge in [-0.3, -0.25) is 4.79 Å². The van der Waals surface area contributed by atoms with Gasteiger partial charge in [-0.1, -0.05) is 17.7 Å². The van der Waals surface area contributed by atoms with Gasteiger partial charge < -0.3 is 10.3 Å². The zero-order valence-corrected chi connectivity index (χ0v) is 12.1. The molecule has 0 bridgehead atoms. The normalized spacial score (nSPS) is 14.7. The first kappa shape index (κ1) is 12.9. The van der Waals surface area contributed by atoms with Crippen LogP contribution in [0.3, 0.4) is 0 Å². The fraction of sp³-hybridized carbons (Fsp3) is 0.375. The van der Waals surface area contributed by atoms with Crippen LogP contribution in [-0.4, -0.2) is 22.4 Å². The van der Waals surface area contributed by atoms with Crippen molar-refractivity contribution in [2.75, 3.05) is 6.54 Å². The van der Waals surface area contributed by atoms with Gasteiger partial charge in [-0.15, -0.1) is 0 Å². The number of H-pyrrole nitrogens is 1. The minimum atomic E-state index is -0.0672. The van der Waals surface area contributed by atoms with Gasteiger partial charge in [0.15, 0.2) is 0 Å². The molecular weight excluding hydrogens is 250 g/mol. The van der Waals surface area contributed by atoms with Crippen molar-refractivity contribution in [2.24, 2.45) is 0 Å². The second-order valence-electron chi connectivity index (χ2n) is 5.55. The second-order valence-corrected chi connectivity index (χ2v) is 5.55. The highest BCUT2D eigenvalue weighted by Crippen LogP contribution is 2.27. The van der Waals surface area contributed by atoms with Crippen molar-refractivity contribution in [1.82, 2.24) is 15.3 Å². The second kappa shape index (κ2) is 4.78. The molecular formula is C16H19N3O. The van der Waals surface area contributed by atoms with Gasteiger partial charge in [0, 0.05) is 17.8 Å². The molecule has 4 heteroatoms. The molecule has 0 radical (unpaired) electrons. The molecule has 3 rings (SSSR count). The standard InChI is InChI=1S/C16H19N3O/c1-9-7-10(2)13(11(3)8-9)15-18-12-5-4-6-17-16(20)14(12)19-15/h7-8H,4-6H2,1-3H3,(H,17,20)(H,18,19). The van der Waals surface area contributed by atoms with Crippen molar-refractivity contribution >= 4 is 5.91 Å². The van der Waals surface area contributed by atoms with Crippen LogP contribution in [0, 0.1) is 20.8 Å². The van der Waals surface area contributed by atoms with E-state index in [2.05, 4.69) is 48.2 Å². The van der Waals surface area contributed by atoms with Crippen LogP contribution in [0.4, 0.5) is 0 Å². The maximum atomic E-state index is 12.0. The average Bonchev–Trinajstić information content (AvgIpc) is 2.69. The highest BCUT2D eigenvalue weighted by molar-refractivity contribution is 5.94. The number of hydrogen-bond donors (Lipinski definition) is 2. The van der Waals surface area contributed by atoms with E-state index >= 15 is 0 Å². The Bertz CT molecular complexity index is 662. The monoisotopic (exact) mass is 269 g/mol. The van der Waals surface area contributed by atoms with E-state index in [1.54, 1.807) is 0 Å². The Balaban J connectivity index is 2.13. The summed E-state index contributed by atoms with van der Waals surface area (Å²) >= 11 is 0. The molecule has 104 valence electrons. The fourth-order valence-electron chi connectivity index (χ4n) is 3.00. The molecule has 2 aromatic rings. The summed E-state index contributed by atoms with van der Waals surface area (Å²) in [5.74, 6) is 0.740. The van der Waals surface area contributed by atoms with E-state index in [0.29, 0.717) is 5.69 Å². The van der Waals surface area contributed by atoms with Crippen LogP contribution in [0.5, 0.6) is 0 Å². The van der Waals surface area contributed by atoms with Gasteiger partial charge in [0.2, 0.25) is 0 Å². The number of aromatic nitrogens is 2. The maximum Gasteiger partial charge on any atom is 0.271 e. The minimum absolute atomic E-state index is 0.0672. The number of amides is 1. The molecule has 0 spiro atoms. The largest absolute Gasteiger partial charge is 0.351 e. The summed E-state index contributed by atoms with van der Waals surface area (Å²) in [6.45, 7) is 6.99. The first-order chi connectivity index (χ1) is 9.56. The summed E-state index contributed by atoms with van der Waals surface area (Å²) in [5, 5.41) is 2.88. The number of imidazole rings is 1. The van der Waals surface area contributed by atoms with Crippen molar-refractivity contribution < 1.29 is 4.79 Å². The molecule has 0 fully saturated rings. The molecule has 2 N–H and O–H groups in total. The lowest BCUT2D eigenvalue weighted by Gasteiger charge is -2.08. The third-order valence-corrected chi connectivity index (χ3v) is 3.80. The topological polar surface area (TPSA) is 57.8 Å². The Labute approximate surface area is 118 Å². The van der Waals surface area contributed by atoms with Gasteiger partial charge >= 0.3 is 0 Å². The van der Waals surface area contributed by atoms with Crippen LogP contribution in [0.2, 0.25) is 0 Å². The summed E-state index contributed by atoms with van der Waals surface area (Å²) in [4.78, 5) is 19.9.